The van der Waals surface area contributed by atoms with Gasteiger partial charge in [0.25, 0.3) is 0 Å². The van der Waals surface area contributed by atoms with E-state index in [4.69, 9.17) is 23.7 Å². The minimum absolute atomic E-state index is 0.739. The molecule has 3 saturated heterocycles. The summed E-state index contributed by atoms with van der Waals surface area (Å²) in [6, 6.07) is 0. The third kappa shape index (κ3) is 5.32. The summed E-state index contributed by atoms with van der Waals surface area (Å²) in [5, 5.41) is 99.8. The van der Waals surface area contributed by atoms with Crippen molar-refractivity contribution in [3.05, 3.63) is 0 Å². The van der Waals surface area contributed by atoms with E-state index in [1.165, 1.54) is 6.92 Å². The number of hydrogen-bond donors (Lipinski definition) is 10. The Morgan fingerprint density at radius 3 is 1.64 bits per heavy atom. The first-order valence-corrected chi connectivity index (χ1v) is 10.4. The first kappa shape index (κ1) is 27.0. The van der Waals surface area contributed by atoms with Crippen molar-refractivity contribution < 1.29 is 74.7 Å². The Kier molecular flexibility index (Phi) is 8.99. The van der Waals surface area contributed by atoms with E-state index >= 15 is 0 Å². The Hall–Kier alpha value is -0.600. The van der Waals surface area contributed by atoms with Gasteiger partial charge in [-0.2, -0.15) is 0 Å². The summed E-state index contributed by atoms with van der Waals surface area (Å²) in [6.45, 7) is -0.127. The molecule has 0 aromatic carbocycles. The van der Waals surface area contributed by atoms with E-state index in [1.54, 1.807) is 0 Å². The van der Waals surface area contributed by atoms with Crippen molar-refractivity contribution in [1.82, 2.24) is 0 Å². The van der Waals surface area contributed by atoms with Crippen molar-refractivity contribution in [2.24, 2.45) is 0 Å². The molecule has 3 heterocycles. The Labute approximate surface area is 187 Å². The van der Waals surface area contributed by atoms with E-state index in [0.29, 0.717) is 0 Å². The normalized spacial score (nSPS) is 53.7. The Bertz CT molecular complexity index is 624. The molecule has 15 nitrogen and oxygen atoms in total. The summed E-state index contributed by atoms with van der Waals surface area (Å²) in [5.41, 5.74) is 0. The molecule has 1 unspecified atom stereocenters. The van der Waals surface area contributed by atoms with Crippen molar-refractivity contribution in [3.63, 3.8) is 0 Å². The smallest absolute Gasteiger partial charge is 0.187 e. The second-order valence-electron chi connectivity index (χ2n) is 8.32. The van der Waals surface area contributed by atoms with E-state index in [9.17, 15) is 51.1 Å². The second kappa shape index (κ2) is 11.0. The zero-order chi connectivity index (χ0) is 24.6. The summed E-state index contributed by atoms with van der Waals surface area (Å²) in [7, 11) is 0. The van der Waals surface area contributed by atoms with Gasteiger partial charge in [-0.05, 0) is 6.92 Å². The van der Waals surface area contributed by atoms with Crippen LogP contribution in [-0.4, -0.2) is 156 Å². The van der Waals surface area contributed by atoms with Crippen LogP contribution in [0.3, 0.4) is 0 Å². The van der Waals surface area contributed by atoms with Gasteiger partial charge in [0.15, 0.2) is 18.9 Å². The fourth-order valence-corrected chi connectivity index (χ4v) is 3.99. The van der Waals surface area contributed by atoms with Gasteiger partial charge in [0, 0.05) is 0 Å². The summed E-state index contributed by atoms with van der Waals surface area (Å²) < 4.78 is 26.9. The van der Waals surface area contributed by atoms with E-state index in [0.717, 1.165) is 0 Å². The Balaban J connectivity index is 1.83. The molecule has 15 heteroatoms. The number of ether oxygens (including phenoxy) is 5. The van der Waals surface area contributed by atoms with Crippen LogP contribution in [0.15, 0.2) is 0 Å². The van der Waals surface area contributed by atoms with Crippen LogP contribution in [0.25, 0.3) is 0 Å². The average molecular weight is 488 g/mol. The van der Waals surface area contributed by atoms with Crippen LogP contribution in [0.2, 0.25) is 0 Å². The van der Waals surface area contributed by atoms with Gasteiger partial charge in [0.2, 0.25) is 0 Å². The molecule has 0 radical (unpaired) electrons. The first-order valence-electron chi connectivity index (χ1n) is 10.4. The van der Waals surface area contributed by atoms with Crippen molar-refractivity contribution in [2.45, 2.75) is 99.0 Å². The van der Waals surface area contributed by atoms with Crippen molar-refractivity contribution in [3.8, 4) is 0 Å². The maximum atomic E-state index is 10.5. The Morgan fingerprint density at radius 2 is 1.06 bits per heavy atom. The monoisotopic (exact) mass is 488 g/mol. The fraction of sp³-hybridized carbons (Fsp3) is 1.00. The molecule has 3 fully saturated rings. The number of rotatable bonds is 6. The second-order valence-corrected chi connectivity index (χ2v) is 8.32. The maximum absolute atomic E-state index is 10.5. The first-order chi connectivity index (χ1) is 15.5. The van der Waals surface area contributed by atoms with Gasteiger partial charge in [-0.25, -0.2) is 0 Å². The van der Waals surface area contributed by atoms with Crippen molar-refractivity contribution in [1.29, 1.82) is 0 Å². The lowest BCUT2D eigenvalue weighted by atomic mass is 9.96. The SMILES string of the molecule is C[C@H]1OC(O[C@@H]2[C@@H](O)[C@@H](O)O[C@H](CO)[C@H]2O[C@@H]2O[C@H](CO)[C@H](O)[C@H](O)[C@H]2O)[C@H](O)[C@@H](O)[C@H]1O. The van der Waals surface area contributed by atoms with Crippen molar-refractivity contribution in [2.75, 3.05) is 13.2 Å². The highest BCUT2D eigenvalue weighted by molar-refractivity contribution is 4.96. The largest absolute Gasteiger partial charge is 0.394 e. The molecule has 0 spiro atoms. The minimum Gasteiger partial charge on any atom is -0.394 e. The molecule has 0 aromatic rings. The zero-order valence-electron chi connectivity index (χ0n) is 17.6. The molecule has 0 amide bonds. The zero-order valence-corrected chi connectivity index (χ0v) is 17.6. The minimum atomic E-state index is -1.88. The number of aliphatic hydroxyl groups is 10. The molecule has 3 aliphatic rings. The van der Waals surface area contributed by atoms with Gasteiger partial charge < -0.3 is 74.7 Å². The third-order valence-corrected chi connectivity index (χ3v) is 6.05. The highest BCUT2D eigenvalue weighted by Gasteiger charge is 2.53. The van der Waals surface area contributed by atoms with E-state index in [1.807, 2.05) is 0 Å². The molecule has 0 bridgehead atoms. The molecule has 194 valence electrons. The van der Waals surface area contributed by atoms with Crippen LogP contribution >= 0.6 is 0 Å². The van der Waals surface area contributed by atoms with Crippen LogP contribution in [0.5, 0.6) is 0 Å². The molecule has 10 N–H and O–H groups in total. The molecule has 0 aromatic heterocycles. The predicted octanol–water partition coefficient (Wildman–Crippen LogP) is -6.55. The van der Waals surface area contributed by atoms with Crippen LogP contribution < -0.4 is 0 Å². The number of hydrogen-bond acceptors (Lipinski definition) is 15. The topological polar surface area (TPSA) is 248 Å². The van der Waals surface area contributed by atoms with Gasteiger partial charge >= 0.3 is 0 Å². The summed E-state index contributed by atoms with van der Waals surface area (Å²) in [5.74, 6) is 0. The molecular weight excluding hydrogens is 456 g/mol. The summed E-state index contributed by atoms with van der Waals surface area (Å²) in [6.07, 6.45) is -24.0. The van der Waals surface area contributed by atoms with Crippen molar-refractivity contribution >= 4 is 0 Å². The molecule has 33 heavy (non-hydrogen) atoms. The number of aliphatic hydroxyl groups excluding tert-OH is 10. The van der Waals surface area contributed by atoms with Gasteiger partial charge in [-0.3, -0.25) is 0 Å². The van der Waals surface area contributed by atoms with Gasteiger partial charge in [-0.15, -0.1) is 0 Å². The summed E-state index contributed by atoms with van der Waals surface area (Å²) in [4.78, 5) is 0. The average Bonchev–Trinajstić information content (AvgIpc) is 2.80. The van der Waals surface area contributed by atoms with E-state index in [2.05, 4.69) is 0 Å². The van der Waals surface area contributed by atoms with Crippen LogP contribution in [0.1, 0.15) is 6.92 Å². The maximum Gasteiger partial charge on any atom is 0.187 e. The van der Waals surface area contributed by atoms with Crippen LogP contribution in [-0.2, 0) is 23.7 Å². The van der Waals surface area contributed by atoms with E-state index < -0.39 is 105 Å². The highest BCUT2D eigenvalue weighted by atomic mass is 16.8. The van der Waals surface area contributed by atoms with Crippen LogP contribution in [0, 0.1) is 0 Å². The highest BCUT2D eigenvalue weighted by Crippen LogP contribution is 2.32. The van der Waals surface area contributed by atoms with Gasteiger partial charge in [-0.1, -0.05) is 0 Å². The standard InChI is InChI=1S/C18H32O15/c1-4-7(21)9(23)11(25)17(29-4)33-15-13(27)16(28)30-6(3-20)14(15)32-18-12(26)10(24)8(22)5(2-19)31-18/h4-28H,2-3H2,1H3/t4-,5-,6-,7+,8+,9+,10+,11-,12-,13-,14-,15-,16+,17?,18+/m1/s1. The van der Waals surface area contributed by atoms with Crippen LogP contribution in [0.4, 0.5) is 0 Å². The molecule has 3 aliphatic heterocycles. The Morgan fingerprint density at radius 1 is 0.545 bits per heavy atom. The van der Waals surface area contributed by atoms with Gasteiger partial charge in [0.1, 0.15) is 67.1 Å². The molecule has 3 rings (SSSR count). The molecular formula is C18H32O15. The van der Waals surface area contributed by atoms with Gasteiger partial charge in [0.05, 0.1) is 19.3 Å². The lowest BCUT2D eigenvalue weighted by Crippen LogP contribution is -2.66. The third-order valence-electron chi connectivity index (χ3n) is 6.05. The molecule has 0 saturated carbocycles. The molecule has 0 aliphatic carbocycles. The quantitative estimate of drug-likeness (QED) is 0.167. The lowest BCUT2D eigenvalue weighted by Gasteiger charge is -2.48. The van der Waals surface area contributed by atoms with E-state index in [-0.39, 0.29) is 0 Å². The summed E-state index contributed by atoms with van der Waals surface area (Å²) >= 11 is 0. The predicted molar refractivity (Wildman–Crippen MR) is 99.8 cm³/mol. The lowest BCUT2D eigenvalue weighted by molar-refractivity contribution is -0.382. The fourth-order valence-electron chi connectivity index (χ4n) is 3.99. The molecule has 15 atom stereocenters.